The molecule has 0 bridgehead atoms. The molecular formula is C16H15BrFNO2. The SMILES string of the molecule is O=C(NCC(CO)c1ccccc1)c1cc(Br)ccc1F. The molecule has 0 aliphatic carbocycles. The summed E-state index contributed by atoms with van der Waals surface area (Å²) in [5, 5.41) is 12.1. The van der Waals surface area contributed by atoms with Gasteiger partial charge >= 0.3 is 0 Å². The van der Waals surface area contributed by atoms with Crippen LogP contribution in [-0.4, -0.2) is 24.2 Å². The lowest BCUT2D eigenvalue weighted by atomic mass is 10.00. The first-order valence-electron chi connectivity index (χ1n) is 6.51. The Morgan fingerprint density at radius 1 is 1.24 bits per heavy atom. The third kappa shape index (κ3) is 4.12. The van der Waals surface area contributed by atoms with Crippen LogP contribution in [0.15, 0.2) is 53.0 Å². The number of carbonyl (C=O) groups excluding carboxylic acids is 1. The number of hydrogen-bond donors (Lipinski definition) is 2. The molecule has 0 aliphatic heterocycles. The average molecular weight is 352 g/mol. The lowest BCUT2D eigenvalue weighted by Gasteiger charge is -2.15. The van der Waals surface area contributed by atoms with Crippen molar-refractivity contribution in [2.24, 2.45) is 0 Å². The standard InChI is InChI=1S/C16H15BrFNO2/c17-13-6-7-15(18)14(8-13)16(21)19-9-12(10-20)11-4-2-1-3-5-11/h1-8,12,20H,9-10H2,(H,19,21). The van der Waals surface area contributed by atoms with E-state index in [-0.39, 0.29) is 24.6 Å². The van der Waals surface area contributed by atoms with Crippen molar-refractivity contribution in [1.29, 1.82) is 0 Å². The van der Waals surface area contributed by atoms with Crippen molar-refractivity contribution in [3.8, 4) is 0 Å². The van der Waals surface area contributed by atoms with Gasteiger partial charge in [0.2, 0.25) is 0 Å². The Hall–Kier alpha value is -1.72. The number of rotatable bonds is 5. The van der Waals surface area contributed by atoms with Crippen LogP contribution in [0.4, 0.5) is 4.39 Å². The first kappa shape index (κ1) is 15.7. The van der Waals surface area contributed by atoms with Gasteiger partial charge in [-0.2, -0.15) is 0 Å². The van der Waals surface area contributed by atoms with Crippen molar-refractivity contribution in [1.82, 2.24) is 5.32 Å². The minimum atomic E-state index is -0.573. The molecule has 2 aromatic carbocycles. The number of aliphatic hydroxyl groups is 1. The Morgan fingerprint density at radius 2 is 1.95 bits per heavy atom. The van der Waals surface area contributed by atoms with Crippen LogP contribution in [0.1, 0.15) is 21.8 Å². The number of halogens is 2. The zero-order chi connectivity index (χ0) is 15.2. The van der Waals surface area contributed by atoms with Gasteiger partial charge in [0, 0.05) is 16.9 Å². The topological polar surface area (TPSA) is 49.3 Å². The van der Waals surface area contributed by atoms with Crippen LogP contribution >= 0.6 is 15.9 Å². The molecule has 2 rings (SSSR count). The van der Waals surface area contributed by atoms with Crippen molar-refractivity contribution in [3.05, 3.63) is 69.9 Å². The highest BCUT2D eigenvalue weighted by Crippen LogP contribution is 2.17. The van der Waals surface area contributed by atoms with Gasteiger partial charge in [-0.3, -0.25) is 4.79 Å². The highest BCUT2D eigenvalue weighted by atomic mass is 79.9. The van der Waals surface area contributed by atoms with Gasteiger partial charge in [0.05, 0.1) is 12.2 Å². The number of hydrogen-bond acceptors (Lipinski definition) is 2. The monoisotopic (exact) mass is 351 g/mol. The van der Waals surface area contributed by atoms with Crippen molar-refractivity contribution < 1.29 is 14.3 Å². The van der Waals surface area contributed by atoms with E-state index in [0.717, 1.165) is 5.56 Å². The first-order valence-corrected chi connectivity index (χ1v) is 7.30. The van der Waals surface area contributed by atoms with Crippen LogP contribution in [0, 0.1) is 5.82 Å². The highest BCUT2D eigenvalue weighted by molar-refractivity contribution is 9.10. The van der Waals surface area contributed by atoms with Crippen molar-refractivity contribution in [2.75, 3.05) is 13.2 Å². The molecule has 0 saturated carbocycles. The quantitative estimate of drug-likeness (QED) is 0.869. The Labute approximate surface area is 130 Å². The van der Waals surface area contributed by atoms with E-state index >= 15 is 0 Å². The summed E-state index contributed by atoms with van der Waals surface area (Å²) in [5.41, 5.74) is 0.907. The van der Waals surface area contributed by atoms with Crippen molar-refractivity contribution in [2.45, 2.75) is 5.92 Å². The first-order chi connectivity index (χ1) is 10.1. The van der Waals surface area contributed by atoms with Crippen LogP contribution in [0.3, 0.4) is 0 Å². The summed E-state index contributed by atoms with van der Waals surface area (Å²) < 4.78 is 14.3. The second kappa shape index (κ2) is 7.33. The fourth-order valence-corrected chi connectivity index (χ4v) is 2.36. The van der Waals surface area contributed by atoms with Crippen molar-refractivity contribution >= 4 is 21.8 Å². The number of carbonyl (C=O) groups is 1. The minimum absolute atomic E-state index is 0.0193. The summed E-state index contributed by atoms with van der Waals surface area (Å²) in [6.45, 7) is 0.149. The van der Waals surface area contributed by atoms with Gasteiger partial charge in [0.15, 0.2) is 0 Å². The molecule has 0 aliphatic rings. The normalized spacial score (nSPS) is 12.0. The smallest absolute Gasteiger partial charge is 0.254 e. The summed E-state index contributed by atoms with van der Waals surface area (Å²) >= 11 is 3.21. The third-order valence-electron chi connectivity index (χ3n) is 3.17. The summed E-state index contributed by atoms with van der Waals surface area (Å²) in [5.74, 6) is -1.29. The summed E-state index contributed by atoms with van der Waals surface area (Å²) in [4.78, 5) is 12.0. The molecule has 0 aromatic heterocycles. The van der Waals surface area contributed by atoms with E-state index in [1.54, 1.807) is 0 Å². The Balaban J connectivity index is 2.04. The Morgan fingerprint density at radius 3 is 2.62 bits per heavy atom. The van der Waals surface area contributed by atoms with Gasteiger partial charge in [0.25, 0.3) is 5.91 Å². The molecule has 0 fully saturated rings. The predicted octanol–water partition coefficient (Wildman–Crippen LogP) is 3.09. The van der Waals surface area contributed by atoms with E-state index < -0.39 is 11.7 Å². The molecule has 0 saturated heterocycles. The summed E-state index contributed by atoms with van der Waals surface area (Å²) in [6.07, 6.45) is 0. The van der Waals surface area contributed by atoms with Crippen LogP contribution in [0.25, 0.3) is 0 Å². The zero-order valence-corrected chi connectivity index (χ0v) is 12.8. The molecule has 0 radical (unpaired) electrons. The van der Waals surface area contributed by atoms with Crippen LogP contribution in [-0.2, 0) is 0 Å². The van der Waals surface area contributed by atoms with Crippen LogP contribution < -0.4 is 5.32 Å². The number of benzene rings is 2. The summed E-state index contributed by atoms with van der Waals surface area (Å²) in [7, 11) is 0. The molecule has 1 atom stereocenters. The second-order valence-corrected chi connectivity index (χ2v) is 5.54. The maximum absolute atomic E-state index is 13.6. The number of aliphatic hydroxyl groups excluding tert-OH is 1. The van der Waals surface area contributed by atoms with Crippen LogP contribution in [0.5, 0.6) is 0 Å². The maximum Gasteiger partial charge on any atom is 0.254 e. The third-order valence-corrected chi connectivity index (χ3v) is 3.67. The predicted molar refractivity (Wildman–Crippen MR) is 82.7 cm³/mol. The van der Waals surface area contributed by atoms with Gasteiger partial charge < -0.3 is 10.4 Å². The molecular weight excluding hydrogens is 337 g/mol. The number of nitrogens with one attached hydrogen (secondary N) is 1. The maximum atomic E-state index is 13.6. The molecule has 1 unspecified atom stereocenters. The van der Waals surface area contributed by atoms with Gasteiger partial charge in [-0.25, -0.2) is 4.39 Å². The van der Waals surface area contributed by atoms with Gasteiger partial charge in [-0.1, -0.05) is 46.3 Å². The van der Waals surface area contributed by atoms with E-state index in [1.807, 2.05) is 30.3 Å². The molecule has 110 valence electrons. The molecule has 0 heterocycles. The Bertz CT molecular complexity index is 619. The summed E-state index contributed by atoms with van der Waals surface area (Å²) in [6, 6.07) is 13.6. The van der Waals surface area contributed by atoms with Gasteiger partial charge in [-0.15, -0.1) is 0 Å². The zero-order valence-electron chi connectivity index (χ0n) is 11.2. The molecule has 2 aromatic rings. The lowest BCUT2D eigenvalue weighted by Crippen LogP contribution is -2.30. The van der Waals surface area contributed by atoms with E-state index in [4.69, 9.17) is 0 Å². The molecule has 2 N–H and O–H groups in total. The fraction of sp³-hybridized carbons (Fsp3) is 0.188. The largest absolute Gasteiger partial charge is 0.396 e. The molecule has 5 heteroatoms. The van der Waals surface area contributed by atoms with Gasteiger partial charge in [-0.05, 0) is 23.8 Å². The number of amides is 1. The van der Waals surface area contributed by atoms with E-state index in [9.17, 15) is 14.3 Å². The Kier molecular flexibility index (Phi) is 5.47. The van der Waals surface area contributed by atoms with E-state index in [0.29, 0.717) is 4.47 Å². The lowest BCUT2D eigenvalue weighted by molar-refractivity contribution is 0.0943. The second-order valence-electron chi connectivity index (χ2n) is 4.62. The van der Waals surface area contributed by atoms with E-state index in [2.05, 4.69) is 21.2 Å². The van der Waals surface area contributed by atoms with Crippen LogP contribution in [0.2, 0.25) is 0 Å². The highest BCUT2D eigenvalue weighted by Gasteiger charge is 2.15. The van der Waals surface area contributed by atoms with Gasteiger partial charge in [0.1, 0.15) is 5.82 Å². The minimum Gasteiger partial charge on any atom is -0.396 e. The van der Waals surface area contributed by atoms with E-state index in [1.165, 1.54) is 18.2 Å². The molecule has 21 heavy (non-hydrogen) atoms. The fourth-order valence-electron chi connectivity index (χ4n) is 2.00. The van der Waals surface area contributed by atoms with Crippen molar-refractivity contribution in [3.63, 3.8) is 0 Å². The molecule has 0 spiro atoms. The molecule has 1 amide bonds. The molecule has 3 nitrogen and oxygen atoms in total. The average Bonchev–Trinajstić information content (AvgIpc) is 2.51.